The number of hydrogen-bond acceptors (Lipinski definition) is 8. The summed E-state index contributed by atoms with van der Waals surface area (Å²) in [6.07, 6.45) is 1.83. The van der Waals surface area contributed by atoms with Crippen molar-refractivity contribution in [2.45, 2.75) is 40.5 Å². The molecule has 0 atom stereocenters. The van der Waals surface area contributed by atoms with E-state index >= 15 is 0 Å². The number of benzene rings is 1. The minimum Gasteiger partial charge on any atom is -0.488 e. The molecule has 1 aliphatic heterocycles. The number of anilines is 2. The molecule has 2 aromatic rings. The van der Waals surface area contributed by atoms with E-state index in [-0.39, 0.29) is 18.3 Å². The number of nitrogens with one attached hydrogen (secondary N) is 1. The van der Waals surface area contributed by atoms with Gasteiger partial charge in [0.2, 0.25) is 0 Å². The Kier molecular flexibility index (Phi) is 10.3. The minimum atomic E-state index is -0.548. The maximum atomic E-state index is 12.9. The fourth-order valence-electron chi connectivity index (χ4n) is 3.93. The maximum absolute atomic E-state index is 12.9. The van der Waals surface area contributed by atoms with E-state index in [1.807, 2.05) is 19.1 Å². The van der Waals surface area contributed by atoms with Crippen LogP contribution in [0.5, 0.6) is 5.75 Å². The third kappa shape index (κ3) is 6.84. The second-order valence-corrected chi connectivity index (χ2v) is 8.30. The van der Waals surface area contributed by atoms with Crippen molar-refractivity contribution >= 4 is 23.5 Å². The second-order valence-electron chi connectivity index (χ2n) is 8.30. The van der Waals surface area contributed by atoms with Crippen LogP contribution in [0.3, 0.4) is 0 Å². The summed E-state index contributed by atoms with van der Waals surface area (Å²) in [6, 6.07) is 7.09. The molecule has 0 bridgehead atoms. The number of carbonyl (C=O) groups excluding carboxylic acids is 2. The van der Waals surface area contributed by atoms with Gasteiger partial charge in [0.25, 0.3) is 0 Å². The minimum absolute atomic E-state index is 0.112. The number of aromatic nitrogens is 2. The smallest absolute Gasteiger partial charge is 0.361 e. The average Bonchev–Trinajstić information content (AvgIpc) is 2.90. The Morgan fingerprint density at radius 3 is 2.25 bits per heavy atom. The highest BCUT2D eigenvalue weighted by molar-refractivity contribution is 5.93. The summed E-state index contributed by atoms with van der Waals surface area (Å²) in [7, 11) is 0. The molecule has 196 valence electrons. The Balaban J connectivity index is 1.97. The first kappa shape index (κ1) is 27.2. The van der Waals surface area contributed by atoms with Crippen LogP contribution >= 0.6 is 0 Å². The molecule has 1 aromatic carbocycles. The second kappa shape index (κ2) is 13.6. The molecule has 2 heterocycles. The van der Waals surface area contributed by atoms with E-state index in [1.54, 1.807) is 24.0 Å². The third-order valence-electron chi connectivity index (χ3n) is 5.58. The van der Waals surface area contributed by atoms with Gasteiger partial charge in [-0.15, -0.1) is 0 Å². The quantitative estimate of drug-likeness (QED) is 0.458. The lowest BCUT2D eigenvalue weighted by molar-refractivity contribution is 0.0514. The van der Waals surface area contributed by atoms with Crippen LogP contribution in [-0.2, 0) is 9.47 Å². The largest absolute Gasteiger partial charge is 0.488 e. The van der Waals surface area contributed by atoms with Crippen LogP contribution in [0.2, 0.25) is 0 Å². The van der Waals surface area contributed by atoms with Crippen molar-refractivity contribution in [2.24, 2.45) is 0 Å². The molecule has 0 saturated carbocycles. The number of urea groups is 1. The van der Waals surface area contributed by atoms with Gasteiger partial charge in [-0.25, -0.2) is 19.6 Å². The molecule has 10 nitrogen and oxygen atoms in total. The SMILES string of the molecule is CCCN(CCC)c1nc(-c2ccc(NC(=O)N3CCOCC3)cc2)nc(C(=O)OCC)c1OCC. The van der Waals surface area contributed by atoms with Crippen molar-refractivity contribution in [3.8, 4) is 17.1 Å². The molecule has 1 aliphatic rings. The maximum Gasteiger partial charge on any atom is 0.361 e. The zero-order valence-corrected chi connectivity index (χ0v) is 21.7. The summed E-state index contributed by atoms with van der Waals surface area (Å²) in [5.74, 6) is 0.766. The van der Waals surface area contributed by atoms with Gasteiger partial charge in [-0.1, -0.05) is 13.8 Å². The first-order valence-corrected chi connectivity index (χ1v) is 12.7. The van der Waals surface area contributed by atoms with Crippen molar-refractivity contribution in [3.63, 3.8) is 0 Å². The van der Waals surface area contributed by atoms with Gasteiger partial charge < -0.3 is 29.3 Å². The van der Waals surface area contributed by atoms with Gasteiger partial charge >= 0.3 is 12.0 Å². The van der Waals surface area contributed by atoms with E-state index in [9.17, 15) is 9.59 Å². The molecule has 36 heavy (non-hydrogen) atoms. The molecule has 3 rings (SSSR count). The van der Waals surface area contributed by atoms with Crippen LogP contribution in [0.25, 0.3) is 11.4 Å². The zero-order valence-electron chi connectivity index (χ0n) is 21.7. The summed E-state index contributed by atoms with van der Waals surface area (Å²) < 4.78 is 16.5. The summed E-state index contributed by atoms with van der Waals surface area (Å²) >= 11 is 0. The Morgan fingerprint density at radius 1 is 1.00 bits per heavy atom. The molecule has 1 aromatic heterocycles. The van der Waals surface area contributed by atoms with Crippen LogP contribution < -0.4 is 15.0 Å². The number of nitrogens with zero attached hydrogens (tertiary/aromatic N) is 4. The van der Waals surface area contributed by atoms with Gasteiger partial charge in [-0.3, -0.25) is 0 Å². The van der Waals surface area contributed by atoms with Crippen LogP contribution in [-0.4, -0.2) is 79.5 Å². The molecule has 0 spiro atoms. The number of morpholine rings is 1. The molecule has 2 amide bonds. The molecule has 1 N–H and O–H groups in total. The predicted octanol–water partition coefficient (Wildman–Crippen LogP) is 4.21. The molecular formula is C26H37N5O5. The summed E-state index contributed by atoms with van der Waals surface area (Å²) in [5, 5.41) is 2.91. The zero-order chi connectivity index (χ0) is 25.9. The van der Waals surface area contributed by atoms with Crippen molar-refractivity contribution in [3.05, 3.63) is 30.0 Å². The van der Waals surface area contributed by atoms with E-state index in [0.717, 1.165) is 25.9 Å². The Hall–Kier alpha value is -3.40. The topological polar surface area (TPSA) is 106 Å². The van der Waals surface area contributed by atoms with Crippen molar-refractivity contribution in [1.82, 2.24) is 14.9 Å². The van der Waals surface area contributed by atoms with Gasteiger partial charge in [0.15, 0.2) is 23.1 Å². The highest BCUT2D eigenvalue weighted by Crippen LogP contribution is 2.33. The Morgan fingerprint density at radius 2 is 1.67 bits per heavy atom. The van der Waals surface area contributed by atoms with Crippen molar-refractivity contribution in [2.75, 3.05) is 62.8 Å². The monoisotopic (exact) mass is 499 g/mol. The van der Waals surface area contributed by atoms with E-state index in [4.69, 9.17) is 19.2 Å². The lowest BCUT2D eigenvalue weighted by Gasteiger charge is -2.27. The first-order chi connectivity index (χ1) is 17.5. The van der Waals surface area contributed by atoms with E-state index in [0.29, 0.717) is 61.6 Å². The van der Waals surface area contributed by atoms with Crippen LogP contribution in [0.1, 0.15) is 51.0 Å². The van der Waals surface area contributed by atoms with E-state index in [2.05, 4.69) is 29.0 Å². The average molecular weight is 500 g/mol. The number of amides is 2. The fraction of sp³-hybridized carbons (Fsp3) is 0.538. The molecule has 0 radical (unpaired) electrons. The molecule has 0 unspecified atom stereocenters. The number of ether oxygens (including phenoxy) is 3. The predicted molar refractivity (Wildman–Crippen MR) is 139 cm³/mol. The van der Waals surface area contributed by atoms with Crippen LogP contribution in [0, 0.1) is 0 Å². The number of carbonyl (C=O) groups is 2. The number of esters is 1. The lowest BCUT2D eigenvalue weighted by Crippen LogP contribution is -2.43. The van der Waals surface area contributed by atoms with Crippen LogP contribution in [0.15, 0.2) is 24.3 Å². The Bertz CT molecular complexity index is 1000. The number of rotatable bonds is 11. The van der Waals surface area contributed by atoms with Gasteiger partial charge in [-0.2, -0.15) is 0 Å². The summed E-state index contributed by atoms with van der Waals surface area (Å²) in [4.78, 5) is 38.6. The Labute approximate surface area is 212 Å². The molecule has 10 heteroatoms. The highest BCUT2D eigenvalue weighted by atomic mass is 16.5. The first-order valence-electron chi connectivity index (χ1n) is 12.7. The number of hydrogen-bond donors (Lipinski definition) is 1. The van der Waals surface area contributed by atoms with Gasteiger partial charge in [-0.05, 0) is 51.0 Å². The molecule has 0 aliphatic carbocycles. The third-order valence-corrected chi connectivity index (χ3v) is 5.58. The van der Waals surface area contributed by atoms with Crippen molar-refractivity contribution < 1.29 is 23.8 Å². The van der Waals surface area contributed by atoms with Gasteiger partial charge in [0, 0.05) is 37.4 Å². The normalized spacial score (nSPS) is 13.3. The van der Waals surface area contributed by atoms with Crippen molar-refractivity contribution in [1.29, 1.82) is 0 Å². The molecule has 1 fully saturated rings. The van der Waals surface area contributed by atoms with E-state index in [1.165, 1.54) is 0 Å². The standard InChI is InChI=1S/C26H37N5O5/c1-5-13-30(14-6-2)24-22(35-7-3)21(25(32)36-8-4)28-23(29-24)19-9-11-20(12-10-19)27-26(33)31-15-17-34-18-16-31/h9-12H,5-8,13-18H2,1-4H3,(H,27,33). The highest BCUT2D eigenvalue weighted by Gasteiger charge is 2.26. The summed E-state index contributed by atoms with van der Waals surface area (Å²) in [6.45, 7) is 12.1. The van der Waals surface area contributed by atoms with Crippen LogP contribution in [0.4, 0.5) is 16.3 Å². The lowest BCUT2D eigenvalue weighted by atomic mass is 10.1. The van der Waals surface area contributed by atoms with E-state index < -0.39 is 5.97 Å². The molecule has 1 saturated heterocycles. The summed E-state index contributed by atoms with van der Waals surface area (Å²) in [5.41, 5.74) is 1.48. The van der Waals surface area contributed by atoms with Gasteiger partial charge in [0.05, 0.1) is 26.4 Å². The fourth-order valence-corrected chi connectivity index (χ4v) is 3.93. The van der Waals surface area contributed by atoms with Gasteiger partial charge in [0.1, 0.15) is 0 Å². The molecular weight excluding hydrogens is 462 g/mol.